The van der Waals surface area contributed by atoms with Gasteiger partial charge in [0.15, 0.2) is 0 Å². The number of hydrogen-bond acceptors (Lipinski definition) is 3. The second kappa shape index (κ2) is 5.77. The van der Waals surface area contributed by atoms with E-state index in [-0.39, 0.29) is 5.76 Å². The van der Waals surface area contributed by atoms with E-state index in [2.05, 4.69) is 4.98 Å². The first-order valence-corrected chi connectivity index (χ1v) is 6.72. The lowest BCUT2D eigenvalue weighted by Gasteiger charge is -2.19. The van der Waals surface area contributed by atoms with Crippen molar-refractivity contribution in [2.24, 2.45) is 0 Å². The Bertz CT molecular complexity index is 750. The standard InChI is InChI=1S/C13H10O2.C5H5N/c14-11-7-9-5-1-3-8-4-2-6-10(12(8)9)13(11)15;1-2-4-6-5-3-1/h1-7,13-15H;1-5H. The maximum Gasteiger partial charge on any atom is 0.136 e. The molecule has 3 aromatic rings. The summed E-state index contributed by atoms with van der Waals surface area (Å²) in [5, 5.41) is 21.5. The lowest BCUT2D eigenvalue weighted by molar-refractivity contribution is 0.158. The van der Waals surface area contributed by atoms with Crippen LogP contribution in [0.15, 0.2) is 72.8 Å². The molecule has 1 heterocycles. The Morgan fingerprint density at radius 3 is 2.19 bits per heavy atom. The summed E-state index contributed by atoms with van der Waals surface area (Å²) in [5.41, 5.74) is 1.74. The maximum absolute atomic E-state index is 9.82. The molecule has 1 atom stereocenters. The number of hydrogen-bond donors (Lipinski definition) is 2. The number of aliphatic hydroxyl groups excluding tert-OH is 2. The molecule has 0 saturated carbocycles. The highest BCUT2D eigenvalue weighted by Crippen LogP contribution is 2.35. The normalized spacial score (nSPS) is 15.9. The van der Waals surface area contributed by atoms with Crippen molar-refractivity contribution >= 4 is 16.8 Å². The molecule has 0 aliphatic heterocycles. The Hall–Kier alpha value is -2.65. The second-order valence-electron chi connectivity index (χ2n) is 4.79. The smallest absolute Gasteiger partial charge is 0.136 e. The molecule has 0 fully saturated rings. The van der Waals surface area contributed by atoms with E-state index in [9.17, 15) is 10.2 Å². The maximum atomic E-state index is 9.82. The van der Waals surface area contributed by atoms with E-state index >= 15 is 0 Å². The van der Waals surface area contributed by atoms with Crippen molar-refractivity contribution in [1.82, 2.24) is 4.98 Å². The van der Waals surface area contributed by atoms with Crippen LogP contribution in [0.3, 0.4) is 0 Å². The summed E-state index contributed by atoms with van der Waals surface area (Å²) in [6.45, 7) is 0. The quantitative estimate of drug-likeness (QED) is 0.656. The van der Waals surface area contributed by atoms with Gasteiger partial charge in [0, 0.05) is 12.4 Å². The molecule has 1 unspecified atom stereocenters. The molecular weight excluding hydrogens is 262 g/mol. The summed E-state index contributed by atoms with van der Waals surface area (Å²) >= 11 is 0. The first-order chi connectivity index (χ1) is 10.3. The van der Waals surface area contributed by atoms with E-state index in [0.717, 1.165) is 21.9 Å². The molecule has 0 saturated heterocycles. The summed E-state index contributed by atoms with van der Waals surface area (Å²) in [5.74, 6) is 0.0150. The van der Waals surface area contributed by atoms with Gasteiger partial charge in [-0.05, 0) is 40.1 Å². The van der Waals surface area contributed by atoms with Crippen molar-refractivity contribution in [1.29, 1.82) is 0 Å². The van der Waals surface area contributed by atoms with Crippen molar-refractivity contribution in [3.05, 3.63) is 83.9 Å². The van der Waals surface area contributed by atoms with E-state index < -0.39 is 6.10 Å². The molecular formula is C18H15NO2. The molecule has 4 rings (SSSR count). The highest BCUT2D eigenvalue weighted by atomic mass is 16.3. The minimum absolute atomic E-state index is 0.0150. The van der Waals surface area contributed by atoms with Gasteiger partial charge in [0.25, 0.3) is 0 Å². The van der Waals surface area contributed by atoms with Gasteiger partial charge in [-0.3, -0.25) is 4.98 Å². The average Bonchev–Trinajstić information content (AvgIpc) is 2.55. The van der Waals surface area contributed by atoms with Crippen LogP contribution in [0.1, 0.15) is 17.2 Å². The van der Waals surface area contributed by atoms with Crippen molar-refractivity contribution in [3.63, 3.8) is 0 Å². The van der Waals surface area contributed by atoms with Crippen LogP contribution in [0.25, 0.3) is 16.8 Å². The molecule has 21 heavy (non-hydrogen) atoms. The molecule has 0 spiro atoms. The van der Waals surface area contributed by atoms with Gasteiger partial charge in [-0.2, -0.15) is 0 Å². The minimum Gasteiger partial charge on any atom is -0.509 e. The van der Waals surface area contributed by atoms with Gasteiger partial charge in [-0.25, -0.2) is 0 Å². The molecule has 0 amide bonds. The van der Waals surface area contributed by atoms with Crippen LogP contribution in [0.4, 0.5) is 0 Å². The Kier molecular flexibility index (Phi) is 3.67. The third kappa shape index (κ3) is 2.64. The van der Waals surface area contributed by atoms with E-state index in [1.54, 1.807) is 18.5 Å². The highest BCUT2D eigenvalue weighted by Gasteiger charge is 2.21. The number of aliphatic hydroxyl groups is 2. The van der Waals surface area contributed by atoms with Gasteiger partial charge in [-0.15, -0.1) is 0 Å². The topological polar surface area (TPSA) is 53.4 Å². The van der Waals surface area contributed by atoms with Gasteiger partial charge in [0.2, 0.25) is 0 Å². The fourth-order valence-electron chi connectivity index (χ4n) is 2.46. The highest BCUT2D eigenvalue weighted by molar-refractivity contribution is 5.95. The van der Waals surface area contributed by atoms with E-state index in [1.807, 2.05) is 54.6 Å². The van der Waals surface area contributed by atoms with Gasteiger partial charge in [0.05, 0.1) is 0 Å². The molecule has 3 nitrogen and oxygen atoms in total. The predicted octanol–water partition coefficient (Wildman–Crippen LogP) is 3.87. The second-order valence-corrected chi connectivity index (χ2v) is 4.79. The van der Waals surface area contributed by atoms with Crippen LogP contribution >= 0.6 is 0 Å². The molecule has 0 radical (unpaired) electrons. The van der Waals surface area contributed by atoms with Gasteiger partial charge in [0.1, 0.15) is 11.9 Å². The Morgan fingerprint density at radius 2 is 1.57 bits per heavy atom. The predicted molar refractivity (Wildman–Crippen MR) is 83.8 cm³/mol. The fourth-order valence-corrected chi connectivity index (χ4v) is 2.46. The van der Waals surface area contributed by atoms with Gasteiger partial charge >= 0.3 is 0 Å². The van der Waals surface area contributed by atoms with Crippen LogP contribution < -0.4 is 0 Å². The summed E-state index contributed by atoms with van der Waals surface area (Å²) in [7, 11) is 0. The molecule has 2 N–H and O–H groups in total. The van der Waals surface area contributed by atoms with Gasteiger partial charge < -0.3 is 10.2 Å². The van der Waals surface area contributed by atoms with Crippen LogP contribution in [0.2, 0.25) is 0 Å². The summed E-state index contributed by atoms with van der Waals surface area (Å²) in [4.78, 5) is 3.78. The van der Waals surface area contributed by atoms with E-state index in [0.29, 0.717) is 0 Å². The van der Waals surface area contributed by atoms with E-state index in [1.165, 1.54) is 0 Å². The SMILES string of the molecule is OC1=Cc2cccc3cccc(c23)C1O.c1ccncc1. The molecule has 3 heteroatoms. The lowest BCUT2D eigenvalue weighted by Crippen LogP contribution is -2.06. The number of aromatic nitrogens is 1. The Morgan fingerprint density at radius 1 is 0.857 bits per heavy atom. The first kappa shape index (κ1) is 13.3. The average molecular weight is 277 g/mol. The van der Waals surface area contributed by atoms with Crippen LogP contribution in [-0.4, -0.2) is 15.2 Å². The molecule has 1 aromatic heterocycles. The summed E-state index contributed by atoms with van der Waals surface area (Å²) in [6.07, 6.45) is 4.24. The fraction of sp³-hybridized carbons (Fsp3) is 0.0556. The molecule has 1 aliphatic rings. The molecule has 2 aromatic carbocycles. The zero-order chi connectivity index (χ0) is 14.7. The third-order valence-corrected chi connectivity index (χ3v) is 3.41. The third-order valence-electron chi connectivity index (χ3n) is 3.41. The summed E-state index contributed by atoms with van der Waals surface area (Å²) < 4.78 is 0. The van der Waals surface area contributed by atoms with E-state index in [4.69, 9.17) is 0 Å². The van der Waals surface area contributed by atoms with Crippen LogP contribution in [0.5, 0.6) is 0 Å². The number of pyridine rings is 1. The van der Waals surface area contributed by atoms with Crippen molar-refractivity contribution < 1.29 is 10.2 Å². The largest absolute Gasteiger partial charge is 0.509 e. The zero-order valence-electron chi connectivity index (χ0n) is 11.3. The number of benzene rings is 2. The first-order valence-electron chi connectivity index (χ1n) is 6.72. The molecule has 1 aliphatic carbocycles. The number of rotatable bonds is 0. The van der Waals surface area contributed by atoms with Crippen molar-refractivity contribution in [3.8, 4) is 0 Å². The summed E-state index contributed by atoms with van der Waals surface area (Å²) in [6, 6.07) is 17.4. The number of nitrogens with zero attached hydrogens (tertiary/aromatic N) is 1. The van der Waals surface area contributed by atoms with Crippen molar-refractivity contribution in [2.45, 2.75) is 6.10 Å². The monoisotopic (exact) mass is 277 g/mol. The lowest BCUT2D eigenvalue weighted by atomic mass is 9.90. The van der Waals surface area contributed by atoms with Crippen LogP contribution in [0, 0.1) is 0 Å². The van der Waals surface area contributed by atoms with Crippen molar-refractivity contribution in [2.75, 3.05) is 0 Å². The van der Waals surface area contributed by atoms with Gasteiger partial charge in [-0.1, -0.05) is 42.5 Å². The Balaban J connectivity index is 0.000000186. The Labute approximate surface area is 122 Å². The molecule has 104 valence electrons. The zero-order valence-corrected chi connectivity index (χ0v) is 11.3. The molecule has 0 bridgehead atoms. The van der Waals surface area contributed by atoms with Crippen LogP contribution in [-0.2, 0) is 0 Å². The minimum atomic E-state index is -0.886.